The van der Waals surface area contributed by atoms with Crippen LogP contribution in [-0.2, 0) is 16.9 Å². The van der Waals surface area contributed by atoms with Gasteiger partial charge in [0.25, 0.3) is 0 Å². The number of nitrogens with zero attached hydrogens (tertiary/aromatic N) is 4. The molecule has 3 rings (SSSR count). The molecule has 0 aliphatic rings. The molecule has 2 aromatic heterocycles. The van der Waals surface area contributed by atoms with Crippen LogP contribution in [0.3, 0.4) is 0 Å². The minimum Gasteiger partial charge on any atom is -0.366 e. The summed E-state index contributed by atoms with van der Waals surface area (Å²) in [6.45, 7) is 3.74. The minimum atomic E-state index is -3.37. The first kappa shape index (κ1) is 16.4. The molecule has 0 aliphatic carbocycles. The van der Waals surface area contributed by atoms with Crippen molar-refractivity contribution in [3.63, 3.8) is 0 Å². The third-order valence-corrected chi connectivity index (χ3v) is 5.69. The second-order valence-corrected chi connectivity index (χ2v) is 7.90. The van der Waals surface area contributed by atoms with Crippen LogP contribution in [0.1, 0.15) is 12.5 Å². The van der Waals surface area contributed by atoms with E-state index in [0.717, 1.165) is 10.9 Å². The van der Waals surface area contributed by atoms with Crippen LogP contribution in [0.15, 0.2) is 41.7 Å². The highest BCUT2D eigenvalue weighted by Gasteiger charge is 2.19. The molecule has 24 heavy (non-hydrogen) atoms. The Morgan fingerprint density at radius 2 is 1.92 bits per heavy atom. The first-order valence-electron chi connectivity index (χ1n) is 7.55. The lowest BCUT2D eigenvalue weighted by molar-refractivity contribution is 0.592. The number of aryl methyl sites for hydroxylation is 2. The highest BCUT2D eigenvalue weighted by atomic mass is 32.2. The minimum absolute atomic E-state index is 0.0260. The van der Waals surface area contributed by atoms with Gasteiger partial charge in [-0.3, -0.25) is 4.68 Å². The van der Waals surface area contributed by atoms with Crippen molar-refractivity contribution in [3.8, 4) is 0 Å². The van der Waals surface area contributed by atoms with Gasteiger partial charge in [0.05, 0.1) is 22.2 Å². The van der Waals surface area contributed by atoms with Crippen molar-refractivity contribution in [1.29, 1.82) is 0 Å². The maximum atomic E-state index is 12.5. The molecule has 1 atom stereocenters. The molecule has 0 bridgehead atoms. The van der Waals surface area contributed by atoms with E-state index in [9.17, 15) is 8.42 Å². The highest BCUT2D eigenvalue weighted by Crippen LogP contribution is 2.20. The summed E-state index contributed by atoms with van der Waals surface area (Å²) in [5.41, 5.74) is 1.72. The molecular weight excluding hydrogens is 326 g/mol. The van der Waals surface area contributed by atoms with Crippen LogP contribution in [0.4, 0.5) is 5.82 Å². The van der Waals surface area contributed by atoms with Gasteiger partial charge in [-0.15, -0.1) is 0 Å². The summed E-state index contributed by atoms with van der Waals surface area (Å²) in [6, 6.07) is 6.57. The fraction of sp³-hybridized carbons (Fsp3) is 0.312. The van der Waals surface area contributed by atoms with Crippen LogP contribution in [-0.4, -0.2) is 40.0 Å². The predicted molar refractivity (Wildman–Crippen MR) is 92.6 cm³/mol. The smallest absolute Gasteiger partial charge is 0.180 e. The standard InChI is InChI=1S/C16H19N5O2S/c1-11-4-6-13(7-5-11)24(22,23)9-12(2)20-15-14-8-19-21(3)16(14)18-10-17-15/h4-8,10,12H,9H2,1-3H3,(H,17,18,20). The third-order valence-electron chi connectivity index (χ3n) is 3.76. The van der Waals surface area contributed by atoms with Gasteiger partial charge in [-0.05, 0) is 26.0 Å². The van der Waals surface area contributed by atoms with E-state index in [4.69, 9.17) is 0 Å². The molecule has 2 heterocycles. The van der Waals surface area contributed by atoms with Crippen LogP contribution < -0.4 is 5.32 Å². The lowest BCUT2D eigenvalue weighted by Gasteiger charge is -2.15. The summed E-state index contributed by atoms with van der Waals surface area (Å²) in [6.07, 6.45) is 3.10. The van der Waals surface area contributed by atoms with Gasteiger partial charge in [0, 0.05) is 13.1 Å². The Bertz CT molecular complexity index is 964. The Morgan fingerprint density at radius 3 is 2.62 bits per heavy atom. The monoisotopic (exact) mass is 345 g/mol. The zero-order valence-corrected chi connectivity index (χ0v) is 14.6. The molecular formula is C16H19N5O2S. The van der Waals surface area contributed by atoms with Crippen molar-refractivity contribution >= 4 is 26.7 Å². The molecule has 7 nitrogen and oxygen atoms in total. The van der Waals surface area contributed by atoms with Gasteiger partial charge in [-0.1, -0.05) is 17.7 Å². The maximum Gasteiger partial charge on any atom is 0.180 e. The Morgan fingerprint density at radius 1 is 1.21 bits per heavy atom. The second-order valence-electron chi connectivity index (χ2n) is 5.87. The lowest BCUT2D eigenvalue weighted by atomic mass is 10.2. The van der Waals surface area contributed by atoms with Crippen LogP contribution >= 0.6 is 0 Å². The highest BCUT2D eigenvalue weighted by molar-refractivity contribution is 7.91. The molecule has 0 amide bonds. The quantitative estimate of drug-likeness (QED) is 0.760. The van der Waals surface area contributed by atoms with Crippen molar-refractivity contribution in [2.45, 2.75) is 24.8 Å². The summed E-state index contributed by atoms with van der Waals surface area (Å²) < 4.78 is 26.7. The Hall–Kier alpha value is -2.48. The number of hydrogen-bond acceptors (Lipinski definition) is 6. The number of benzene rings is 1. The average molecular weight is 345 g/mol. The first-order valence-corrected chi connectivity index (χ1v) is 9.21. The van der Waals surface area contributed by atoms with E-state index in [-0.39, 0.29) is 11.8 Å². The molecule has 3 aromatic rings. The Kier molecular flexibility index (Phi) is 4.23. The largest absolute Gasteiger partial charge is 0.366 e. The van der Waals surface area contributed by atoms with Gasteiger partial charge in [0.15, 0.2) is 15.5 Å². The number of hydrogen-bond donors (Lipinski definition) is 1. The number of sulfone groups is 1. The molecule has 0 radical (unpaired) electrons. The average Bonchev–Trinajstić information content (AvgIpc) is 2.90. The van der Waals surface area contributed by atoms with Crippen molar-refractivity contribution < 1.29 is 8.42 Å². The molecule has 1 unspecified atom stereocenters. The van der Waals surface area contributed by atoms with Crippen LogP contribution in [0, 0.1) is 6.92 Å². The second kappa shape index (κ2) is 6.20. The van der Waals surface area contributed by atoms with E-state index in [0.29, 0.717) is 16.4 Å². The van der Waals surface area contributed by atoms with Gasteiger partial charge in [-0.25, -0.2) is 18.4 Å². The van der Waals surface area contributed by atoms with Gasteiger partial charge >= 0.3 is 0 Å². The summed E-state index contributed by atoms with van der Waals surface area (Å²) >= 11 is 0. The van der Waals surface area contributed by atoms with Crippen LogP contribution in [0.25, 0.3) is 11.0 Å². The lowest BCUT2D eigenvalue weighted by Crippen LogP contribution is -2.26. The zero-order chi connectivity index (χ0) is 17.3. The summed E-state index contributed by atoms with van der Waals surface area (Å²) in [7, 11) is -1.58. The number of anilines is 1. The molecule has 0 saturated heterocycles. The molecule has 8 heteroatoms. The fourth-order valence-electron chi connectivity index (χ4n) is 2.52. The van der Waals surface area contributed by atoms with Crippen molar-refractivity contribution in [2.75, 3.05) is 11.1 Å². The van der Waals surface area contributed by atoms with Crippen LogP contribution in [0.5, 0.6) is 0 Å². The molecule has 0 fully saturated rings. The Balaban J connectivity index is 1.79. The van der Waals surface area contributed by atoms with E-state index < -0.39 is 9.84 Å². The molecule has 126 valence electrons. The third kappa shape index (κ3) is 3.23. The van der Waals surface area contributed by atoms with Gasteiger partial charge in [0.2, 0.25) is 0 Å². The van der Waals surface area contributed by atoms with E-state index in [1.807, 2.05) is 13.8 Å². The number of rotatable bonds is 5. The van der Waals surface area contributed by atoms with Gasteiger partial charge in [0.1, 0.15) is 12.1 Å². The molecule has 0 saturated carbocycles. The van der Waals surface area contributed by atoms with E-state index in [2.05, 4.69) is 20.4 Å². The SMILES string of the molecule is Cc1ccc(S(=O)(=O)CC(C)Nc2ncnc3c2cnn3C)cc1. The predicted octanol–water partition coefficient (Wildman–Crippen LogP) is 1.95. The zero-order valence-electron chi connectivity index (χ0n) is 13.8. The van der Waals surface area contributed by atoms with Gasteiger partial charge < -0.3 is 5.32 Å². The first-order chi connectivity index (χ1) is 11.4. The van der Waals surface area contributed by atoms with Crippen LogP contribution in [0.2, 0.25) is 0 Å². The molecule has 1 aromatic carbocycles. The molecule has 0 spiro atoms. The van der Waals surface area contributed by atoms with Gasteiger partial charge in [-0.2, -0.15) is 5.10 Å². The van der Waals surface area contributed by atoms with Crippen molar-refractivity contribution in [3.05, 3.63) is 42.4 Å². The Labute approximate surface area is 140 Å². The van der Waals surface area contributed by atoms with E-state index in [1.54, 1.807) is 42.2 Å². The number of aromatic nitrogens is 4. The summed E-state index contributed by atoms with van der Waals surface area (Å²) in [4.78, 5) is 8.70. The maximum absolute atomic E-state index is 12.5. The number of nitrogens with one attached hydrogen (secondary N) is 1. The summed E-state index contributed by atoms with van der Waals surface area (Å²) in [5.74, 6) is 0.557. The number of fused-ring (bicyclic) bond motifs is 1. The van der Waals surface area contributed by atoms with E-state index in [1.165, 1.54) is 6.33 Å². The molecule has 1 N–H and O–H groups in total. The topological polar surface area (TPSA) is 89.8 Å². The fourth-order valence-corrected chi connectivity index (χ4v) is 4.01. The molecule has 0 aliphatic heterocycles. The summed E-state index contributed by atoms with van der Waals surface area (Å²) in [5, 5.41) is 8.07. The van der Waals surface area contributed by atoms with E-state index >= 15 is 0 Å². The normalized spacial score (nSPS) is 13.1. The van der Waals surface area contributed by atoms with Crippen molar-refractivity contribution in [1.82, 2.24) is 19.7 Å². The van der Waals surface area contributed by atoms with Crippen molar-refractivity contribution in [2.24, 2.45) is 7.05 Å².